The molecular weight excluding hydrogens is 236 g/mol. The molecule has 0 rings (SSSR count). The highest BCUT2D eigenvalue weighted by atomic mass is 35.9. The fourth-order valence-corrected chi connectivity index (χ4v) is 2.91. The Hall–Kier alpha value is 1.12. The van der Waals surface area contributed by atoms with E-state index in [1.54, 1.807) is 0 Å². The summed E-state index contributed by atoms with van der Waals surface area (Å²) in [7, 11) is 0. The lowest BCUT2D eigenvalue weighted by Gasteiger charge is -2.03. The quantitative estimate of drug-likeness (QED) is 0.412. The van der Waals surface area contributed by atoms with Crippen molar-refractivity contribution in [2.24, 2.45) is 0 Å². The minimum Gasteiger partial charge on any atom is -0.270 e. The topological polar surface area (TPSA) is 29.1 Å². The van der Waals surface area contributed by atoms with Crippen LogP contribution in [0.3, 0.4) is 0 Å². The van der Waals surface area contributed by atoms with Gasteiger partial charge in [-0.2, -0.15) is 4.49 Å². The predicted molar refractivity (Wildman–Crippen MR) is 59.0 cm³/mol. The Morgan fingerprint density at radius 1 is 1.33 bits per heavy atom. The molecule has 0 fully saturated rings. The summed E-state index contributed by atoms with van der Waals surface area (Å²) >= 11 is 11.9. The van der Waals surface area contributed by atoms with E-state index in [9.17, 15) is 4.57 Å². The molecule has 0 heterocycles. The van der Waals surface area contributed by atoms with Crippen LogP contribution >= 0.6 is 40.4 Å². The molecule has 74 valence electrons. The Bertz CT molecular complexity index is 152. The Labute approximate surface area is 87.9 Å². The van der Waals surface area contributed by atoms with Crippen molar-refractivity contribution >= 4 is 40.4 Å². The van der Waals surface area contributed by atoms with E-state index in [4.69, 9.17) is 22.5 Å². The van der Waals surface area contributed by atoms with Crippen molar-refractivity contribution in [1.29, 1.82) is 0 Å². The van der Waals surface area contributed by atoms with Crippen LogP contribution in [-0.2, 0) is 4.57 Å². The molecule has 0 atom stereocenters. The molecule has 0 aromatic rings. The van der Waals surface area contributed by atoms with E-state index in [1.165, 1.54) is 31.2 Å². The number of unbranched alkanes of at least 4 members (excludes halogenated alkanes) is 3. The highest BCUT2D eigenvalue weighted by molar-refractivity contribution is 8.16. The maximum Gasteiger partial charge on any atom is 0.328 e. The van der Waals surface area contributed by atoms with Gasteiger partial charge in [0.25, 0.3) is 0 Å². The maximum atomic E-state index is 10.7. The first-order valence-electron chi connectivity index (χ1n) is 3.94. The summed E-state index contributed by atoms with van der Waals surface area (Å²) in [6.45, 7) is 2.16. The van der Waals surface area contributed by atoms with Crippen molar-refractivity contribution in [2.75, 3.05) is 5.75 Å². The zero-order valence-corrected chi connectivity index (χ0v) is 10.3. The van der Waals surface area contributed by atoms with Gasteiger partial charge in [-0.25, -0.2) is 0 Å². The molecule has 0 saturated carbocycles. The second-order valence-electron chi connectivity index (χ2n) is 2.46. The summed E-state index contributed by atoms with van der Waals surface area (Å²) in [5, 5.41) is 0. The highest BCUT2D eigenvalue weighted by Gasteiger charge is 2.11. The van der Waals surface area contributed by atoms with Crippen LogP contribution in [0.2, 0.25) is 0 Å². The summed E-state index contributed by atoms with van der Waals surface area (Å²) in [5.41, 5.74) is 0. The normalized spacial score (nSPS) is 11.9. The van der Waals surface area contributed by atoms with E-state index >= 15 is 0 Å². The smallest absolute Gasteiger partial charge is 0.270 e. The van der Waals surface area contributed by atoms with Crippen LogP contribution in [0.1, 0.15) is 32.6 Å². The molecule has 0 unspecified atom stereocenters. The summed E-state index contributed by atoms with van der Waals surface area (Å²) in [6.07, 6.45) is 4.79. The number of hydrogen-bond donors (Lipinski definition) is 1. The second kappa shape index (κ2) is 7.52. The van der Waals surface area contributed by atoms with Gasteiger partial charge in [-0.15, -0.1) is 0 Å². The van der Waals surface area contributed by atoms with E-state index in [1.807, 2.05) is 0 Å². The van der Waals surface area contributed by atoms with E-state index in [0.29, 0.717) is 0 Å². The minimum atomic E-state index is -3.06. The number of hydrogen-bond acceptors (Lipinski definition) is 2. The van der Waals surface area contributed by atoms with Gasteiger partial charge in [-0.1, -0.05) is 38.1 Å². The van der Waals surface area contributed by atoms with Crippen LogP contribution in [0, 0.1) is 0 Å². The van der Waals surface area contributed by atoms with Crippen molar-refractivity contribution in [3.8, 4) is 0 Å². The first kappa shape index (κ1) is 13.1. The minimum absolute atomic E-state index is 0.906. The maximum absolute atomic E-state index is 10.7. The van der Waals surface area contributed by atoms with E-state index < -0.39 is 6.00 Å². The molecule has 0 aromatic carbocycles. The first-order chi connectivity index (χ1) is 5.56. The molecule has 6 heteroatoms. The zero-order chi connectivity index (χ0) is 9.45. The molecule has 0 radical (unpaired) electrons. The molecule has 0 bridgehead atoms. The van der Waals surface area contributed by atoms with Crippen LogP contribution in [-0.4, -0.2) is 5.75 Å². The van der Waals surface area contributed by atoms with Gasteiger partial charge in [-0.3, -0.25) is 4.57 Å². The van der Waals surface area contributed by atoms with Gasteiger partial charge < -0.3 is 0 Å². The van der Waals surface area contributed by atoms with Crippen LogP contribution in [0.25, 0.3) is 0 Å². The van der Waals surface area contributed by atoms with Gasteiger partial charge in [0.1, 0.15) is 0 Å². The molecular formula is C6H14Cl2NOPS. The lowest BCUT2D eigenvalue weighted by molar-refractivity contribution is 0.591. The van der Waals surface area contributed by atoms with Crippen molar-refractivity contribution < 1.29 is 4.57 Å². The fraction of sp³-hybridized carbons (Fsp3) is 1.00. The standard InChI is InChI=1S/C6H14Cl2NOPS/c1-2-3-4-5-6-12-9-11(7,8)10/h2-6H2,1H3,(H,9,10). The Kier molecular flexibility index (Phi) is 8.22. The molecule has 0 aromatic heterocycles. The molecule has 2 nitrogen and oxygen atoms in total. The lowest BCUT2D eigenvalue weighted by Crippen LogP contribution is -1.93. The van der Waals surface area contributed by atoms with E-state index in [0.717, 1.165) is 12.2 Å². The van der Waals surface area contributed by atoms with E-state index in [-0.39, 0.29) is 0 Å². The third-order valence-electron chi connectivity index (χ3n) is 1.27. The summed E-state index contributed by atoms with van der Waals surface area (Å²) in [6, 6.07) is 0. The summed E-state index contributed by atoms with van der Waals surface area (Å²) in [4.78, 5) is 0. The van der Waals surface area contributed by atoms with Crippen molar-refractivity contribution in [3.63, 3.8) is 0 Å². The third-order valence-corrected chi connectivity index (χ3v) is 4.37. The van der Waals surface area contributed by atoms with Gasteiger partial charge in [0, 0.05) is 5.75 Å². The third kappa shape index (κ3) is 11.1. The van der Waals surface area contributed by atoms with Crippen molar-refractivity contribution in [2.45, 2.75) is 32.6 Å². The van der Waals surface area contributed by atoms with Crippen LogP contribution < -0.4 is 4.49 Å². The van der Waals surface area contributed by atoms with Gasteiger partial charge in [0.2, 0.25) is 0 Å². The summed E-state index contributed by atoms with van der Waals surface area (Å²) < 4.78 is 13.2. The average molecular weight is 250 g/mol. The predicted octanol–water partition coefficient (Wildman–Crippen LogP) is 4.39. The van der Waals surface area contributed by atoms with Gasteiger partial charge >= 0.3 is 6.00 Å². The van der Waals surface area contributed by atoms with Gasteiger partial charge in [-0.05, 0) is 28.9 Å². The largest absolute Gasteiger partial charge is 0.328 e. The SMILES string of the molecule is CCCCCCSNP(=O)(Cl)Cl. The molecule has 0 amide bonds. The number of rotatable bonds is 7. The molecule has 0 aliphatic rings. The average Bonchev–Trinajstić information content (AvgIpc) is 1.94. The molecule has 1 N–H and O–H groups in total. The fourth-order valence-electron chi connectivity index (χ4n) is 0.722. The molecule has 0 spiro atoms. The van der Waals surface area contributed by atoms with Crippen molar-refractivity contribution in [3.05, 3.63) is 0 Å². The Morgan fingerprint density at radius 3 is 2.50 bits per heavy atom. The Balaban J connectivity index is 3.06. The van der Waals surface area contributed by atoms with Gasteiger partial charge in [0.15, 0.2) is 0 Å². The lowest BCUT2D eigenvalue weighted by atomic mass is 10.2. The molecule has 0 aliphatic carbocycles. The molecule has 12 heavy (non-hydrogen) atoms. The summed E-state index contributed by atoms with van der Waals surface area (Å²) in [5.74, 6) is -2.16. The van der Waals surface area contributed by atoms with Crippen LogP contribution in [0.15, 0.2) is 0 Å². The van der Waals surface area contributed by atoms with Crippen LogP contribution in [0.4, 0.5) is 0 Å². The molecule has 0 aliphatic heterocycles. The first-order valence-corrected chi connectivity index (χ1v) is 8.45. The Morgan fingerprint density at radius 2 is 2.00 bits per heavy atom. The number of nitrogens with one attached hydrogen (secondary N) is 1. The zero-order valence-electron chi connectivity index (χ0n) is 7.06. The van der Waals surface area contributed by atoms with Crippen molar-refractivity contribution in [1.82, 2.24) is 4.49 Å². The number of halogens is 2. The second-order valence-corrected chi connectivity index (χ2v) is 8.19. The highest BCUT2D eigenvalue weighted by Crippen LogP contribution is 2.53. The monoisotopic (exact) mass is 249 g/mol. The molecule has 0 saturated heterocycles. The van der Waals surface area contributed by atoms with E-state index in [2.05, 4.69) is 11.4 Å². The van der Waals surface area contributed by atoms with Crippen LogP contribution in [0.5, 0.6) is 0 Å². The van der Waals surface area contributed by atoms with Gasteiger partial charge in [0.05, 0.1) is 0 Å².